The number of nitrogens with one attached hydrogen (secondary N) is 1. The van der Waals surface area contributed by atoms with Crippen molar-refractivity contribution in [2.75, 3.05) is 6.54 Å². The third-order valence-electron chi connectivity index (χ3n) is 8.79. The van der Waals surface area contributed by atoms with E-state index >= 15 is 0 Å². The fourth-order valence-corrected chi connectivity index (χ4v) is 8.67. The minimum absolute atomic E-state index is 0.0127. The van der Waals surface area contributed by atoms with Crippen LogP contribution >= 0.6 is 0 Å². The molecule has 240 valence electrons. The van der Waals surface area contributed by atoms with Gasteiger partial charge >= 0.3 is 11.5 Å². The Morgan fingerprint density at radius 2 is 1.88 bits per heavy atom. The molecule has 2 aromatic carbocycles. The summed E-state index contributed by atoms with van der Waals surface area (Å²) in [5.74, 6) is -2.00. The molecular weight excluding hydrogens is 641 g/mol. The number of benzene rings is 2. The number of hydrogen-bond acceptors (Lipinski definition) is 10. The predicted molar refractivity (Wildman–Crippen MR) is 168 cm³/mol. The summed E-state index contributed by atoms with van der Waals surface area (Å²) in [5, 5.41) is 15.4. The number of sulfonamides is 1. The second-order valence-electron chi connectivity index (χ2n) is 11.6. The summed E-state index contributed by atoms with van der Waals surface area (Å²) in [5.41, 5.74) is 4.02. The van der Waals surface area contributed by atoms with E-state index in [-0.39, 0.29) is 46.3 Å². The van der Waals surface area contributed by atoms with E-state index in [1.165, 1.54) is 27.2 Å². The second-order valence-corrected chi connectivity index (χ2v) is 13.5. The minimum Gasteiger partial charge on any atom is -0.408 e. The second kappa shape index (κ2) is 11.2. The van der Waals surface area contributed by atoms with E-state index in [1.54, 1.807) is 42.5 Å². The van der Waals surface area contributed by atoms with Gasteiger partial charge in [-0.05, 0) is 73.2 Å². The molecule has 1 fully saturated rings. The van der Waals surface area contributed by atoms with E-state index in [9.17, 15) is 22.4 Å². The molecule has 1 atom stereocenters. The van der Waals surface area contributed by atoms with Crippen LogP contribution in [0.3, 0.4) is 0 Å². The number of aromatic amines is 1. The van der Waals surface area contributed by atoms with E-state index in [0.29, 0.717) is 59.5 Å². The molecule has 4 aromatic heterocycles. The van der Waals surface area contributed by atoms with Gasteiger partial charge in [-0.1, -0.05) is 18.2 Å². The Kier molecular flexibility index (Phi) is 6.93. The van der Waals surface area contributed by atoms with Crippen molar-refractivity contribution in [3.05, 3.63) is 116 Å². The van der Waals surface area contributed by atoms with Crippen LogP contribution < -0.4 is 11.5 Å². The fourth-order valence-electron chi connectivity index (χ4n) is 6.60. The maximum atomic E-state index is 14.2. The molecule has 1 N–H and O–H groups in total. The highest BCUT2D eigenvalue weighted by Crippen LogP contribution is 2.51. The number of oxazole rings is 1. The first kappa shape index (κ1) is 29.7. The van der Waals surface area contributed by atoms with Crippen molar-refractivity contribution < 1.29 is 21.6 Å². The zero-order valence-corrected chi connectivity index (χ0v) is 25.8. The quantitative estimate of drug-likeness (QED) is 0.261. The smallest absolute Gasteiger partial charge is 0.408 e. The van der Waals surface area contributed by atoms with Gasteiger partial charge in [0.1, 0.15) is 16.8 Å². The van der Waals surface area contributed by atoms with Crippen LogP contribution in [-0.4, -0.2) is 44.0 Å². The lowest BCUT2D eigenvalue weighted by atomic mass is 9.93. The Labute approximate surface area is 271 Å². The van der Waals surface area contributed by atoms with Crippen LogP contribution in [0.5, 0.6) is 0 Å². The molecule has 6 heterocycles. The van der Waals surface area contributed by atoms with Gasteiger partial charge in [-0.3, -0.25) is 14.5 Å². The Balaban J connectivity index is 1.33. The first-order valence-corrected chi connectivity index (χ1v) is 16.5. The number of pyridine rings is 2. The van der Waals surface area contributed by atoms with Crippen LogP contribution in [0.2, 0.25) is 0 Å². The van der Waals surface area contributed by atoms with E-state index < -0.39 is 27.6 Å². The van der Waals surface area contributed by atoms with Crippen LogP contribution in [0.15, 0.2) is 84.1 Å². The lowest BCUT2D eigenvalue weighted by molar-refractivity contribution is 0.412. The number of rotatable bonds is 7. The van der Waals surface area contributed by atoms with Crippen LogP contribution in [0.1, 0.15) is 47.1 Å². The molecule has 48 heavy (non-hydrogen) atoms. The highest BCUT2D eigenvalue weighted by molar-refractivity contribution is 7.89. The number of fused-ring (bicyclic) bond motifs is 4. The topological polar surface area (TPSA) is 181 Å². The summed E-state index contributed by atoms with van der Waals surface area (Å²) in [6.45, 7) is 0.407. The number of nitrogens with zero attached hydrogens (tertiary/aromatic N) is 6. The van der Waals surface area contributed by atoms with E-state index in [2.05, 4.69) is 15.2 Å². The van der Waals surface area contributed by atoms with Gasteiger partial charge in [-0.2, -0.15) is 9.57 Å². The summed E-state index contributed by atoms with van der Waals surface area (Å²) < 4.78 is 55.9. The predicted octanol–water partition coefficient (Wildman–Crippen LogP) is 4.08. The fraction of sp³-hybridized carbons (Fsp3) is 0.212. The van der Waals surface area contributed by atoms with E-state index in [0.717, 1.165) is 5.56 Å². The first-order chi connectivity index (χ1) is 23.2. The first-order valence-electron chi connectivity index (χ1n) is 15.1. The van der Waals surface area contributed by atoms with Gasteiger partial charge in [0.25, 0.3) is 5.89 Å². The number of H-pyrrole nitrogens is 1. The Hall–Kier alpha value is -5.72. The van der Waals surface area contributed by atoms with Crippen molar-refractivity contribution in [2.24, 2.45) is 0 Å². The summed E-state index contributed by atoms with van der Waals surface area (Å²) in [6.07, 6.45) is 3.40. The third kappa shape index (κ3) is 4.84. The summed E-state index contributed by atoms with van der Waals surface area (Å²) in [6, 6.07) is 15.7. The molecule has 0 spiro atoms. The van der Waals surface area contributed by atoms with Crippen molar-refractivity contribution in [1.29, 1.82) is 5.26 Å². The monoisotopic (exact) mass is 665 g/mol. The average molecular weight is 666 g/mol. The van der Waals surface area contributed by atoms with Crippen LogP contribution in [-0.2, 0) is 29.4 Å². The number of halogens is 1. The number of aromatic nitrogens is 5. The van der Waals surface area contributed by atoms with E-state index in [4.69, 9.17) is 19.1 Å². The Morgan fingerprint density at radius 1 is 1.04 bits per heavy atom. The number of aryl methyl sites for hydroxylation is 2. The molecule has 0 saturated carbocycles. The molecule has 15 heteroatoms. The van der Waals surface area contributed by atoms with Crippen LogP contribution in [0.25, 0.3) is 33.7 Å². The third-order valence-corrected chi connectivity index (χ3v) is 10.8. The molecule has 0 amide bonds. The molecule has 8 rings (SSSR count). The van der Waals surface area contributed by atoms with Crippen LogP contribution in [0.4, 0.5) is 4.39 Å². The number of hydrogen-bond donors (Lipinski definition) is 1. The molecule has 0 bridgehead atoms. The highest BCUT2D eigenvalue weighted by atomic mass is 32.2. The zero-order chi connectivity index (χ0) is 33.2. The lowest BCUT2D eigenvalue weighted by Crippen LogP contribution is -2.23. The molecule has 6 aromatic rings. The SMILES string of the molecule is N#Cc1ccc(Cn2c(=O)oc3cc(-c4c(-c5n[nH]c(=O)o5)c(CCc5ccc(F)cc5)nc5c4S(=O)(=O)N4CCCC54)ccc32)nc1. The maximum Gasteiger partial charge on any atom is 0.434 e. The molecule has 2 aliphatic rings. The Morgan fingerprint density at radius 3 is 2.60 bits per heavy atom. The molecule has 2 aliphatic heterocycles. The summed E-state index contributed by atoms with van der Waals surface area (Å²) in [7, 11) is -4.03. The summed E-state index contributed by atoms with van der Waals surface area (Å²) >= 11 is 0. The molecular formula is C33H24FN7O6S. The van der Waals surface area contributed by atoms with Crippen LogP contribution in [0, 0.1) is 17.1 Å². The standard InChI is InChI=1S/C33H24FN7O6S/c34-21-8-3-18(4-9-21)6-11-23-28(31-38-39-32(42)47-31)27(30-29(37-23)25-2-1-13-41(25)48(30,44)45)20-7-12-24-26(14-20)46-33(43)40(24)17-22-10-5-19(15-35)16-36-22/h3-5,7-10,12,14,16,25H,1-2,6,11,13,17H2,(H,39,42). The van der Waals surface area contributed by atoms with Crippen molar-refractivity contribution in [3.63, 3.8) is 0 Å². The van der Waals surface area contributed by atoms with Gasteiger partial charge in [0.15, 0.2) is 5.58 Å². The molecule has 0 aliphatic carbocycles. The normalized spacial score (nSPS) is 16.6. The van der Waals surface area contributed by atoms with Crippen molar-refractivity contribution in [2.45, 2.75) is 43.2 Å². The molecule has 1 unspecified atom stereocenters. The summed E-state index contributed by atoms with van der Waals surface area (Å²) in [4.78, 5) is 34.4. The van der Waals surface area contributed by atoms with Gasteiger partial charge in [0.2, 0.25) is 10.0 Å². The number of nitriles is 1. The minimum atomic E-state index is -4.03. The molecule has 0 radical (unpaired) electrons. The Bertz CT molecular complexity index is 2510. The van der Waals surface area contributed by atoms with Gasteiger partial charge in [0, 0.05) is 18.3 Å². The average Bonchev–Trinajstić information content (AvgIpc) is 3.86. The zero-order valence-electron chi connectivity index (χ0n) is 25.0. The van der Waals surface area contributed by atoms with Gasteiger partial charge in [-0.25, -0.2) is 27.5 Å². The van der Waals surface area contributed by atoms with Crippen molar-refractivity contribution in [3.8, 4) is 28.7 Å². The van der Waals surface area contributed by atoms with Crippen molar-refractivity contribution in [1.82, 2.24) is 29.0 Å². The van der Waals surface area contributed by atoms with Gasteiger partial charge in [0.05, 0.1) is 46.3 Å². The van der Waals surface area contributed by atoms with Crippen molar-refractivity contribution >= 4 is 21.1 Å². The molecule has 1 saturated heterocycles. The van der Waals surface area contributed by atoms with E-state index in [1.807, 2.05) is 6.07 Å². The van der Waals surface area contributed by atoms with Gasteiger partial charge in [-0.15, -0.1) is 5.10 Å². The maximum absolute atomic E-state index is 14.2. The largest absolute Gasteiger partial charge is 0.434 e. The van der Waals surface area contributed by atoms with Gasteiger partial charge < -0.3 is 8.83 Å². The molecule has 13 nitrogen and oxygen atoms in total. The lowest BCUT2D eigenvalue weighted by Gasteiger charge is -2.17. The highest BCUT2D eigenvalue weighted by Gasteiger charge is 2.49.